The molecule has 1 aliphatic heterocycles. The van der Waals surface area contributed by atoms with Crippen LogP contribution in [-0.4, -0.2) is 43.4 Å². The molecule has 0 radical (unpaired) electrons. The van der Waals surface area contributed by atoms with E-state index in [1.807, 2.05) is 0 Å². The van der Waals surface area contributed by atoms with Gasteiger partial charge in [0.05, 0.1) is 11.1 Å². The molecule has 0 atom stereocenters. The number of ether oxygens (including phenoxy) is 2. The summed E-state index contributed by atoms with van der Waals surface area (Å²) in [5.74, 6) is -0.794. The van der Waals surface area contributed by atoms with Crippen LogP contribution in [-0.2, 0) is 26.0 Å². The fourth-order valence-corrected chi connectivity index (χ4v) is 3.81. The zero-order valence-corrected chi connectivity index (χ0v) is 17.5. The Labute approximate surface area is 183 Å². The maximum absolute atomic E-state index is 12.7. The van der Waals surface area contributed by atoms with Crippen molar-refractivity contribution in [3.63, 3.8) is 0 Å². The van der Waals surface area contributed by atoms with Crippen molar-refractivity contribution < 1.29 is 27.5 Å². The molecule has 164 valence electrons. The first-order valence-corrected chi connectivity index (χ1v) is 11.0. The Balaban J connectivity index is 1.43. The summed E-state index contributed by atoms with van der Waals surface area (Å²) >= 11 is 0. The monoisotopic (exact) mass is 454 g/mol. The number of anilines is 1. The molecule has 0 saturated carbocycles. The zero-order chi connectivity index (χ0) is 22.7. The molecule has 2 aromatic heterocycles. The van der Waals surface area contributed by atoms with E-state index in [1.54, 1.807) is 24.4 Å². The number of nitrogens with two attached hydrogens (primary N) is 1. The number of nitrogens with zero attached hydrogens (tertiary/aromatic N) is 3. The molecular formula is C21H18N4O6S. The van der Waals surface area contributed by atoms with E-state index in [-0.39, 0.29) is 16.3 Å². The van der Waals surface area contributed by atoms with Gasteiger partial charge in [-0.25, -0.2) is 23.3 Å². The van der Waals surface area contributed by atoms with E-state index in [4.69, 9.17) is 14.6 Å². The number of primary sulfonamides is 1. The maximum atomic E-state index is 12.7. The van der Waals surface area contributed by atoms with Gasteiger partial charge in [-0.05, 0) is 54.4 Å². The number of carbonyl (C=O) groups excluding carboxylic acids is 2. The number of benzene rings is 1. The molecule has 1 aromatic carbocycles. The molecule has 0 saturated heterocycles. The second kappa shape index (κ2) is 8.73. The highest BCUT2D eigenvalue weighted by Crippen LogP contribution is 2.30. The lowest BCUT2D eigenvalue weighted by molar-refractivity contribution is -0.121. The van der Waals surface area contributed by atoms with Gasteiger partial charge >= 0.3 is 5.97 Å². The van der Waals surface area contributed by atoms with Gasteiger partial charge in [-0.15, -0.1) is 0 Å². The lowest BCUT2D eigenvalue weighted by Crippen LogP contribution is -2.33. The molecule has 0 spiro atoms. The number of esters is 1. The summed E-state index contributed by atoms with van der Waals surface area (Å²) in [6, 6.07) is 10.7. The van der Waals surface area contributed by atoms with Crippen LogP contribution in [0.3, 0.4) is 0 Å². The Kier molecular flexibility index (Phi) is 5.84. The van der Waals surface area contributed by atoms with Crippen molar-refractivity contribution in [2.75, 3.05) is 18.1 Å². The van der Waals surface area contributed by atoms with Gasteiger partial charge in [-0.2, -0.15) is 0 Å². The molecule has 1 amide bonds. The van der Waals surface area contributed by atoms with E-state index in [2.05, 4.69) is 9.97 Å². The van der Waals surface area contributed by atoms with Crippen LogP contribution in [0.5, 0.6) is 11.6 Å². The summed E-state index contributed by atoms with van der Waals surface area (Å²) < 4.78 is 33.8. The quantitative estimate of drug-likeness (QED) is 0.554. The van der Waals surface area contributed by atoms with Gasteiger partial charge in [0.15, 0.2) is 6.61 Å². The van der Waals surface area contributed by atoms with Crippen LogP contribution in [0.15, 0.2) is 66.0 Å². The molecule has 2 N–H and O–H groups in total. The molecule has 0 aliphatic carbocycles. The second-order valence-electron chi connectivity index (χ2n) is 6.85. The first-order chi connectivity index (χ1) is 15.3. The van der Waals surface area contributed by atoms with Crippen LogP contribution in [0.25, 0.3) is 0 Å². The van der Waals surface area contributed by atoms with Crippen molar-refractivity contribution >= 4 is 27.6 Å². The van der Waals surface area contributed by atoms with Crippen LogP contribution in [0.4, 0.5) is 5.69 Å². The van der Waals surface area contributed by atoms with E-state index < -0.39 is 28.5 Å². The van der Waals surface area contributed by atoms with Gasteiger partial charge in [0, 0.05) is 24.6 Å². The van der Waals surface area contributed by atoms with Crippen molar-refractivity contribution in [3.8, 4) is 11.6 Å². The first-order valence-electron chi connectivity index (χ1n) is 9.49. The molecule has 0 unspecified atom stereocenters. The van der Waals surface area contributed by atoms with Crippen LogP contribution in [0, 0.1) is 0 Å². The molecular weight excluding hydrogens is 436 g/mol. The lowest BCUT2D eigenvalue weighted by Gasteiger charge is -2.17. The molecule has 32 heavy (non-hydrogen) atoms. The van der Waals surface area contributed by atoms with Crippen molar-refractivity contribution in [2.45, 2.75) is 11.3 Å². The number of aromatic nitrogens is 2. The summed E-state index contributed by atoms with van der Waals surface area (Å²) in [7, 11) is -3.84. The predicted octanol–water partition coefficient (Wildman–Crippen LogP) is 1.66. The Hall–Kier alpha value is -3.83. The largest absolute Gasteiger partial charge is 0.452 e. The fourth-order valence-electron chi connectivity index (χ4n) is 3.24. The van der Waals surface area contributed by atoms with Gasteiger partial charge in [0.1, 0.15) is 11.3 Å². The number of fused-ring (bicyclic) bond motifs is 1. The van der Waals surface area contributed by atoms with Crippen molar-refractivity contribution in [1.82, 2.24) is 9.97 Å². The smallest absolute Gasteiger partial charge is 0.344 e. The average molecular weight is 454 g/mol. The standard InChI is InChI=1S/C21H18N4O6S/c22-32(28,29)16-5-6-18-14(11-16)7-10-25(18)19(26)13-30-21(27)17-4-2-9-24-20(17)31-15-3-1-8-23-12-15/h1-6,8-9,11-12H,7,10,13H2,(H2,22,28,29). The van der Waals surface area contributed by atoms with Gasteiger partial charge in [0.2, 0.25) is 15.9 Å². The van der Waals surface area contributed by atoms with Crippen molar-refractivity contribution in [2.24, 2.45) is 5.14 Å². The molecule has 10 nitrogen and oxygen atoms in total. The Morgan fingerprint density at radius 2 is 1.94 bits per heavy atom. The van der Waals surface area contributed by atoms with Crippen molar-refractivity contribution in [1.29, 1.82) is 0 Å². The van der Waals surface area contributed by atoms with Gasteiger partial charge in [-0.1, -0.05) is 0 Å². The highest BCUT2D eigenvalue weighted by atomic mass is 32.2. The van der Waals surface area contributed by atoms with Crippen LogP contribution in [0.2, 0.25) is 0 Å². The molecule has 3 aromatic rings. The van der Waals surface area contributed by atoms with E-state index in [1.165, 1.54) is 41.6 Å². The van der Waals surface area contributed by atoms with Gasteiger partial charge in [0.25, 0.3) is 5.91 Å². The molecule has 4 rings (SSSR count). The second-order valence-corrected chi connectivity index (χ2v) is 8.42. The highest BCUT2D eigenvalue weighted by Gasteiger charge is 2.27. The SMILES string of the molecule is NS(=O)(=O)c1ccc2c(c1)CCN2C(=O)COC(=O)c1cccnc1Oc1cccnc1. The predicted molar refractivity (Wildman–Crippen MR) is 113 cm³/mol. The normalized spacial score (nSPS) is 12.8. The number of rotatable bonds is 6. The minimum Gasteiger partial charge on any atom is -0.452 e. The number of hydrogen-bond donors (Lipinski definition) is 1. The molecule has 11 heteroatoms. The van der Waals surface area contributed by atoms with E-state index in [0.717, 1.165) is 0 Å². The fraction of sp³-hybridized carbons (Fsp3) is 0.143. The number of carbonyl (C=O) groups is 2. The number of amides is 1. The molecule has 0 bridgehead atoms. The summed E-state index contributed by atoms with van der Waals surface area (Å²) in [4.78, 5) is 34.6. The summed E-state index contributed by atoms with van der Waals surface area (Å²) in [5.41, 5.74) is 1.29. The van der Waals surface area contributed by atoms with Crippen LogP contribution >= 0.6 is 0 Å². The maximum Gasteiger partial charge on any atom is 0.344 e. The van der Waals surface area contributed by atoms with Gasteiger partial charge < -0.3 is 14.4 Å². The Bertz CT molecular complexity index is 1280. The highest BCUT2D eigenvalue weighted by molar-refractivity contribution is 7.89. The lowest BCUT2D eigenvalue weighted by atomic mass is 10.2. The summed E-state index contributed by atoms with van der Waals surface area (Å²) in [5, 5.41) is 5.16. The summed E-state index contributed by atoms with van der Waals surface area (Å²) in [6.07, 6.45) is 4.98. The average Bonchev–Trinajstić information content (AvgIpc) is 3.21. The van der Waals surface area contributed by atoms with Crippen LogP contribution < -0.4 is 14.8 Å². The van der Waals surface area contributed by atoms with Gasteiger partial charge in [-0.3, -0.25) is 9.78 Å². The number of hydrogen-bond acceptors (Lipinski definition) is 8. The topological polar surface area (TPSA) is 142 Å². The Morgan fingerprint density at radius 3 is 2.69 bits per heavy atom. The molecule has 3 heterocycles. The minimum atomic E-state index is -3.84. The first kappa shape index (κ1) is 21.4. The van der Waals surface area contributed by atoms with Crippen LogP contribution in [0.1, 0.15) is 15.9 Å². The minimum absolute atomic E-state index is 0.0188. The zero-order valence-electron chi connectivity index (χ0n) is 16.7. The number of pyridine rings is 2. The third-order valence-corrected chi connectivity index (χ3v) is 5.65. The van der Waals surface area contributed by atoms with E-state index in [0.29, 0.717) is 30.0 Å². The molecule has 1 aliphatic rings. The third-order valence-electron chi connectivity index (χ3n) is 4.74. The van der Waals surface area contributed by atoms with Crippen molar-refractivity contribution in [3.05, 3.63) is 72.2 Å². The Morgan fingerprint density at radius 1 is 1.12 bits per heavy atom. The molecule has 0 fully saturated rings. The van der Waals surface area contributed by atoms with E-state index >= 15 is 0 Å². The number of sulfonamides is 1. The summed E-state index contributed by atoms with van der Waals surface area (Å²) in [6.45, 7) is -0.168. The third kappa shape index (κ3) is 4.58. The van der Waals surface area contributed by atoms with E-state index in [9.17, 15) is 18.0 Å².